The fourth-order valence-corrected chi connectivity index (χ4v) is 5.99. The maximum atomic E-state index is 12.8. The van der Waals surface area contributed by atoms with E-state index in [1.165, 1.54) is 39.3 Å². The first-order valence-corrected chi connectivity index (χ1v) is 10.6. The van der Waals surface area contributed by atoms with Gasteiger partial charge in [0.25, 0.3) is 0 Å². The van der Waals surface area contributed by atoms with Crippen LogP contribution in [0.3, 0.4) is 0 Å². The zero-order valence-corrected chi connectivity index (χ0v) is 15.6. The van der Waals surface area contributed by atoms with Crippen molar-refractivity contribution in [1.29, 1.82) is 0 Å². The molecular weight excluding hydrogens is 372 g/mol. The summed E-state index contributed by atoms with van der Waals surface area (Å²) < 4.78 is 54.7. The van der Waals surface area contributed by atoms with Gasteiger partial charge < -0.3 is 15.2 Å². The summed E-state index contributed by atoms with van der Waals surface area (Å²) in [5.74, 6) is -1.05. The molecule has 25 heavy (non-hydrogen) atoms. The molecule has 0 aliphatic carbocycles. The third-order valence-electron chi connectivity index (χ3n) is 3.92. The second-order valence-corrected chi connectivity index (χ2v) is 9.93. The minimum absolute atomic E-state index is 0.156. The molecule has 11 heteroatoms. The van der Waals surface area contributed by atoms with Crippen LogP contribution in [0, 0.1) is 0 Å². The summed E-state index contributed by atoms with van der Waals surface area (Å²) in [6, 6.07) is 2.82. The molecule has 1 aromatic carbocycles. The van der Waals surface area contributed by atoms with Crippen molar-refractivity contribution in [3.8, 4) is 5.75 Å². The number of sulfonamides is 1. The predicted octanol–water partition coefficient (Wildman–Crippen LogP) is -0.568. The number of aliphatic hydroxyl groups is 1. The van der Waals surface area contributed by atoms with E-state index < -0.39 is 49.4 Å². The molecule has 2 atom stereocenters. The fraction of sp³-hybridized carbons (Fsp3) is 0.500. The monoisotopic (exact) mass is 392 g/mol. The first-order chi connectivity index (χ1) is 11.5. The minimum Gasteiger partial charge on any atom is -0.495 e. The molecule has 1 aliphatic heterocycles. The highest BCUT2D eigenvalue weighted by atomic mass is 32.2. The maximum absolute atomic E-state index is 12.8. The molecule has 0 aromatic heterocycles. The summed E-state index contributed by atoms with van der Waals surface area (Å²) in [6.45, 7) is 1.27. The van der Waals surface area contributed by atoms with Crippen LogP contribution in [0.1, 0.15) is 6.92 Å². The van der Waals surface area contributed by atoms with E-state index in [0.29, 0.717) is 0 Å². The summed E-state index contributed by atoms with van der Waals surface area (Å²) in [5.41, 5.74) is 0.170. The molecule has 0 spiro atoms. The van der Waals surface area contributed by atoms with E-state index >= 15 is 0 Å². The van der Waals surface area contributed by atoms with Gasteiger partial charge in [-0.2, -0.15) is 4.31 Å². The largest absolute Gasteiger partial charge is 0.495 e. The lowest BCUT2D eigenvalue weighted by Crippen LogP contribution is -2.44. The smallest absolute Gasteiger partial charge is 0.243 e. The number of amides is 1. The first-order valence-electron chi connectivity index (χ1n) is 7.30. The van der Waals surface area contributed by atoms with Crippen molar-refractivity contribution >= 4 is 31.5 Å². The number of rotatable bonds is 5. The van der Waals surface area contributed by atoms with Gasteiger partial charge in [0.05, 0.1) is 41.3 Å². The number of benzene rings is 1. The molecule has 140 valence electrons. The van der Waals surface area contributed by atoms with E-state index in [0.717, 1.165) is 4.31 Å². The normalized spacial score (nSPS) is 22.8. The molecule has 1 aliphatic rings. The number of hydrogen-bond acceptors (Lipinski definition) is 7. The number of hydrogen-bond donors (Lipinski definition) is 2. The number of likely N-dealkylation sites (N-methyl/N-ethyl adjacent to an activating group) is 1. The van der Waals surface area contributed by atoms with Gasteiger partial charge in [0.2, 0.25) is 15.9 Å². The van der Waals surface area contributed by atoms with Gasteiger partial charge in [-0.1, -0.05) is 0 Å². The Morgan fingerprint density at radius 3 is 2.48 bits per heavy atom. The molecule has 0 saturated carbocycles. The molecule has 0 radical (unpaired) electrons. The Morgan fingerprint density at radius 2 is 2.00 bits per heavy atom. The van der Waals surface area contributed by atoms with Crippen LogP contribution in [-0.2, 0) is 24.7 Å². The van der Waals surface area contributed by atoms with Gasteiger partial charge in [-0.05, 0) is 18.2 Å². The minimum atomic E-state index is -4.09. The van der Waals surface area contributed by atoms with Crippen molar-refractivity contribution in [1.82, 2.24) is 4.31 Å². The number of ether oxygens (including phenoxy) is 1. The van der Waals surface area contributed by atoms with Crippen molar-refractivity contribution in [3.05, 3.63) is 18.2 Å². The number of carbonyl (C=O) groups is 1. The summed E-state index contributed by atoms with van der Waals surface area (Å²) in [6.07, 6.45) is -1.29. The second-order valence-electron chi connectivity index (χ2n) is 5.78. The van der Waals surface area contributed by atoms with Gasteiger partial charge in [-0.15, -0.1) is 0 Å². The quantitative estimate of drug-likeness (QED) is 0.686. The molecule has 0 unspecified atom stereocenters. The van der Waals surface area contributed by atoms with Crippen LogP contribution in [-0.4, -0.2) is 70.0 Å². The van der Waals surface area contributed by atoms with Crippen LogP contribution in [0.5, 0.6) is 5.75 Å². The average molecular weight is 392 g/mol. The Morgan fingerprint density at radius 1 is 1.36 bits per heavy atom. The van der Waals surface area contributed by atoms with Gasteiger partial charge >= 0.3 is 0 Å². The number of anilines is 1. The Kier molecular flexibility index (Phi) is 5.42. The molecular formula is C14H20N2O7S2. The highest BCUT2D eigenvalue weighted by molar-refractivity contribution is 7.92. The Labute approximate surface area is 146 Å². The van der Waals surface area contributed by atoms with Crippen LogP contribution in [0.15, 0.2) is 23.1 Å². The number of nitrogens with zero attached hydrogens (tertiary/aromatic N) is 1. The molecule has 1 heterocycles. The first kappa shape index (κ1) is 19.6. The van der Waals surface area contributed by atoms with Crippen molar-refractivity contribution in [2.45, 2.75) is 24.0 Å². The molecule has 1 fully saturated rings. The van der Waals surface area contributed by atoms with E-state index in [1.54, 1.807) is 0 Å². The number of nitrogens with one attached hydrogen (secondary N) is 1. The van der Waals surface area contributed by atoms with Gasteiger partial charge in [0, 0.05) is 14.0 Å². The lowest BCUT2D eigenvalue weighted by Gasteiger charge is -2.25. The zero-order chi connectivity index (χ0) is 19.0. The van der Waals surface area contributed by atoms with Gasteiger partial charge in [0.15, 0.2) is 9.84 Å². The van der Waals surface area contributed by atoms with Crippen molar-refractivity contribution in [3.63, 3.8) is 0 Å². The molecule has 1 aromatic rings. The second kappa shape index (κ2) is 6.90. The Hall–Kier alpha value is -1.69. The SMILES string of the molecule is COc1ccc(S(=O)(=O)N(C)[C@@H]2CS(=O)(=O)C[C@H]2O)cc1NC(C)=O. The topological polar surface area (TPSA) is 130 Å². The number of sulfone groups is 1. The van der Waals surface area contributed by atoms with Crippen molar-refractivity contribution in [2.75, 3.05) is 31.0 Å². The fourth-order valence-electron chi connectivity index (χ4n) is 2.64. The standard InChI is InChI=1S/C14H20N2O7S2/c1-9(17)15-11-6-10(4-5-14(11)23-3)25(21,22)16(2)12-7-24(19,20)8-13(12)18/h4-6,12-13,18H,7-8H2,1-3H3,(H,15,17)/t12-,13-/m1/s1. The summed E-state index contributed by atoms with van der Waals surface area (Å²) >= 11 is 0. The highest BCUT2D eigenvalue weighted by Gasteiger charge is 2.43. The van der Waals surface area contributed by atoms with E-state index in [9.17, 15) is 26.7 Å². The molecule has 9 nitrogen and oxygen atoms in total. The average Bonchev–Trinajstić information content (AvgIpc) is 2.78. The highest BCUT2D eigenvalue weighted by Crippen LogP contribution is 2.30. The third kappa shape index (κ3) is 4.11. The summed E-state index contributed by atoms with van der Waals surface area (Å²) in [5, 5.41) is 12.4. The van der Waals surface area contributed by atoms with Gasteiger partial charge in [0.1, 0.15) is 5.75 Å². The Bertz CT molecular complexity index is 880. The summed E-state index contributed by atoms with van der Waals surface area (Å²) in [7, 11) is -5.00. The maximum Gasteiger partial charge on any atom is 0.243 e. The van der Waals surface area contributed by atoms with Crippen molar-refractivity contribution in [2.24, 2.45) is 0 Å². The molecule has 2 rings (SSSR count). The van der Waals surface area contributed by atoms with Crippen molar-refractivity contribution < 1.29 is 31.5 Å². The molecule has 1 saturated heterocycles. The van der Waals surface area contributed by atoms with E-state index in [1.807, 2.05) is 0 Å². The lowest BCUT2D eigenvalue weighted by atomic mass is 10.2. The van der Waals surface area contributed by atoms with E-state index in [2.05, 4.69) is 5.32 Å². The van der Waals surface area contributed by atoms with E-state index in [4.69, 9.17) is 4.74 Å². The van der Waals surface area contributed by atoms with E-state index in [-0.39, 0.29) is 16.3 Å². The van der Waals surface area contributed by atoms with Crippen LogP contribution in [0.2, 0.25) is 0 Å². The summed E-state index contributed by atoms with van der Waals surface area (Å²) in [4.78, 5) is 11.1. The lowest BCUT2D eigenvalue weighted by molar-refractivity contribution is -0.114. The van der Waals surface area contributed by atoms with Crippen LogP contribution in [0.4, 0.5) is 5.69 Å². The number of methoxy groups -OCH3 is 1. The van der Waals surface area contributed by atoms with Gasteiger partial charge in [-0.3, -0.25) is 4.79 Å². The van der Waals surface area contributed by atoms with Crippen LogP contribution >= 0.6 is 0 Å². The third-order valence-corrected chi connectivity index (χ3v) is 7.50. The predicted molar refractivity (Wildman–Crippen MR) is 90.7 cm³/mol. The molecule has 2 N–H and O–H groups in total. The van der Waals surface area contributed by atoms with Gasteiger partial charge in [-0.25, -0.2) is 16.8 Å². The number of carbonyl (C=O) groups excluding carboxylic acids is 1. The Balaban J connectivity index is 2.40. The molecule has 0 bridgehead atoms. The number of aliphatic hydroxyl groups excluding tert-OH is 1. The molecule has 1 amide bonds. The zero-order valence-electron chi connectivity index (χ0n) is 14.0. The van der Waals surface area contributed by atoms with Crippen LogP contribution in [0.25, 0.3) is 0 Å². The van der Waals surface area contributed by atoms with Crippen LogP contribution < -0.4 is 10.1 Å².